The van der Waals surface area contributed by atoms with Gasteiger partial charge >= 0.3 is 12.0 Å². The molecule has 0 aromatic rings. The molecular weight excluding hydrogens is 276 g/mol. The number of hydrogen-bond donors (Lipinski definition) is 1. The van der Waals surface area contributed by atoms with Crippen molar-refractivity contribution in [2.75, 3.05) is 52.6 Å². The summed E-state index contributed by atoms with van der Waals surface area (Å²) in [6.45, 7) is 7.76. The normalized spacial score (nSPS) is 18.0. The van der Waals surface area contributed by atoms with Gasteiger partial charge in [-0.3, -0.25) is 4.79 Å². The zero-order valence-electron chi connectivity index (χ0n) is 12.9. The first-order valence-electron chi connectivity index (χ1n) is 7.52. The van der Waals surface area contributed by atoms with Gasteiger partial charge in [-0.15, -0.1) is 0 Å². The summed E-state index contributed by atoms with van der Waals surface area (Å²) >= 11 is 0. The Balaban J connectivity index is 2.50. The molecule has 1 N–H and O–H groups in total. The monoisotopic (exact) mass is 302 g/mol. The Bertz CT molecular complexity index is 327. The molecule has 122 valence electrons. The molecule has 21 heavy (non-hydrogen) atoms. The number of hydrogen-bond acceptors (Lipinski definition) is 4. The van der Waals surface area contributed by atoms with Gasteiger partial charge in [0.2, 0.25) is 0 Å². The summed E-state index contributed by atoms with van der Waals surface area (Å²) in [7, 11) is 0. The molecule has 2 amide bonds. The average Bonchev–Trinajstić information content (AvgIpc) is 2.95. The second kappa shape index (κ2) is 9.57. The van der Waals surface area contributed by atoms with Crippen LogP contribution < -0.4 is 0 Å². The lowest BCUT2D eigenvalue weighted by atomic mass is 10.1. The highest BCUT2D eigenvalue weighted by Gasteiger charge is 2.32. The SMILES string of the molecule is CCOCCN(CCOCC)C(=O)N1CCC(C(=O)O)C1. The number of rotatable bonds is 9. The highest BCUT2D eigenvalue weighted by molar-refractivity contribution is 5.77. The van der Waals surface area contributed by atoms with Crippen LogP contribution >= 0.6 is 0 Å². The number of carbonyl (C=O) groups excluding carboxylic acids is 1. The van der Waals surface area contributed by atoms with Crippen molar-refractivity contribution in [1.82, 2.24) is 9.80 Å². The summed E-state index contributed by atoms with van der Waals surface area (Å²) in [5.74, 6) is -1.28. The molecule has 0 bridgehead atoms. The molecule has 1 saturated heterocycles. The summed E-state index contributed by atoms with van der Waals surface area (Å²) in [5, 5.41) is 9.01. The minimum atomic E-state index is -0.833. The summed E-state index contributed by atoms with van der Waals surface area (Å²) in [6.07, 6.45) is 0.520. The largest absolute Gasteiger partial charge is 0.481 e. The average molecular weight is 302 g/mol. The molecule has 0 saturated carbocycles. The van der Waals surface area contributed by atoms with E-state index < -0.39 is 11.9 Å². The molecule has 1 heterocycles. The first kappa shape index (κ1) is 17.7. The standard InChI is InChI=1S/C14H26N2O5/c1-3-20-9-7-15(8-10-21-4-2)14(19)16-6-5-12(11-16)13(17)18/h12H,3-11H2,1-2H3,(H,17,18). The third-order valence-electron chi connectivity index (χ3n) is 3.50. The van der Waals surface area contributed by atoms with E-state index in [2.05, 4.69) is 0 Å². The van der Waals surface area contributed by atoms with Crippen LogP contribution in [-0.2, 0) is 14.3 Å². The van der Waals surface area contributed by atoms with Crippen molar-refractivity contribution < 1.29 is 24.2 Å². The van der Waals surface area contributed by atoms with Crippen molar-refractivity contribution in [3.05, 3.63) is 0 Å². The van der Waals surface area contributed by atoms with Gasteiger partial charge < -0.3 is 24.4 Å². The molecule has 1 atom stereocenters. The molecule has 0 aromatic heterocycles. The molecule has 0 radical (unpaired) electrons. The molecule has 0 aromatic carbocycles. The Morgan fingerprint density at radius 2 is 1.76 bits per heavy atom. The van der Waals surface area contributed by atoms with Gasteiger partial charge in [0.05, 0.1) is 19.1 Å². The Hall–Kier alpha value is -1.34. The quantitative estimate of drug-likeness (QED) is 0.640. The fourth-order valence-electron chi connectivity index (χ4n) is 2.28. The van der Waals surface area contributed by atoms with Crippen LogP contribution in [0.2, 0.25) is 0 Å². The lowest BCUT2D eigenvalue weighted by molar-refractivity contribution is -0.141. The number of carboxylic acid groups (broad SMARTS) is 1. The number of ether oxygens (including phenoxy) is 2. The molecular formula is C14H26N2O5. The molecule has 1 rings (SSSR count). The van der Waals surface area contributed by atoms with Crippen molar-refractivity contribution >= 4 is 12.0 Å². The van der Waals surface area contributed by atoms with E-state index in [0.717, 1.165) is 0 Å². The molecule has 1 aliphatic heterocycles. The molecule has 0 aliphatic carbocycles. The van der Waals surface area contributed by atoms with Gasteiger partial charge in [0.25, 0.3) is 0 Å². The minimum Gasteiger partial charge on any atom is -0.481 e. The molecule has 1 unspecified atom stereocenters. The number of nitrogens with zero attached hydrogens (tertiary/aromatic N) is 2. The van der Waals surface area contributed by atoms with Gasteiger partial charge in [0.1, 0.15) is 0 Å². The van der Waals surface area contributed by atoms with Crippen LogP contribution in [0.25, 0.3) is 0 Å². The highest BCUT2D eigenvalue weighted by Crippen LogP contribution is 2.17. The third-order valence-corrected chi connectivity index (χ3v) is 3.50. The Morgan fingerprint density at radius 1 is 1.19 bits per heavy atom. The molecule has 7 nitrogen and oxygen atoms in total. The molecule has 1 aliphatic rings. The lowest BCUT2D eigenvalue weighted by Crippen LogP contribution is -2.45. The summed E-state index contributed by atoms with van der Waals surface area (Å²) < 4.78 is 10.6. The Labute approximate surface area is 125 Å². The van der Waals surface area contributed by atoms with Crippen LogP contribution in [0.3, 0.4) is 0 Å². The van der Waals surface area contributed by atoms with Crippen molar-refractivity contribution in [2.45, 2.75) is 20.3 Å². The van der Waals surface area contributed by atoms with Gasteiger partial charge in [0, 0.05) is 39.4 Å². The maximum Gasteiger partial charge on any atom is 0.320 e. The van der Waals surface area contributed by atoms with Crippen molar-refractivity contribution in [3.8, 4) is 0 Å². The first-order chi connectivity index (χ1) is 10.1. The van der Waals surface area contributed by atoms with Crippen LogP contribution in [0.1, 0.15) is 20.3 Å². The number of likely N-dealkylation sites (tertiary alicyclic amines) is 1. The fourth-order valence-corrected chi connectivity index (χ4v) is 2.28. The lowest BCUT2D eigenvalue weighted by Gasteiger charge is -2.28. The number of amides is 2. The van der Waals surface area contributed by atoms with Crippen molar-refractivity contribution in [2.24, 2.45) is 5.92 Å². The predicted octanol–water partition coefficient (Wildman–Crippen LogP) is 0.888. The van der Waals surface area contributed by atoms with Crippen LogP contribution in [0.5, 0.6) is 0 Å². The van der Waals surface area contributed by atoms with E-state index in [0.29, 0.717) is 52.5 Å². The number of aliphatic carboxylic acids is 1. The highest BCUT2D eigenvalue weighted by atomic mass is 16.5. The van der Waals surface area contributed by atoms with Gasteiger partial charge in [-0.2, -0.15) is 0 Å². The van der Waals surface area contributed by atoms with Crippen molar-refractivity contribution in [3.63, 3.8) is 0 Å². The number of carbonyl (C=O) groups is 2. The van der Waals surface area contributed by atoms with E-state index in [-0.39, 0.29) is 12.6 Å². The van der Waals surface area contributed by atoms with Gasteiger partial charge in [0.15, 0.2) is 0 Å². The predicted molar refractivity (Wildman–Crippen MR) is 77.3 cm³/mol. The van der Waals surface area contributed by atoms with Crippen LogP contribution in [0.15, 0.2) is 0 Å². The van der Waals surface area contributed by atoms with E-state index in [1.807, 2.05) is 13.8 Å². The number of carboxylic acids is 1. The third kappa shape index (κ3) is 5.89. The topological polar surface area (TPSA) is 79.3 Å². The summed E-state index contributed by atoms with van der Waals surface area (Å²) in [4.78, 5) is 26.7. The van der Waals surface area contributed by atoms with Gasteiger partial charge in [-0.1, -0.05) is 0 Å². The molecule has 1 fully saturated rings. The number of urea groups is 1. The Morgan fingerprint density at radius 3 is 2.19 bits per heavy atom. The Kier molecular flexibility index (Phi) is 8.07. The first-order valence-corrected chi connectivity index (χ1v) is 7.52. The molecule has 7 heteroatoms. The maximum atomic E-state index is 12.4. The van der Waals surface area contributed by atoms with E-state index >= 15 is 0 Å². The van der Waals surface area contributed by atoms with Crippen LogP contribution in [-0.4, -0.2) is 79.5 Å². The van der Waals surface area contributed by atoms with Gasteiger partial charge in [-0.25, -0.2) is 4.79 Å². The summed E-state index contributed by atoms with van der Waals surface area (Å²) in [5.41, 5.74) is 0. The fraction of sp³-hybridized carbons (Fsp3) is 0.857. The van der Waals surface area contributed by atoms with Crippen LogP contribution in [0.4, 0.5) is 4.79 Å². The van der Waals surface area contributed by atoms with Crippen molar-refractivity contribution in [1.29, 1.82) is 0 Å². The van der Waals surface area contributed by atoms with E-state index in [4.69, 9.17) is 14.6 Å². The zero-order valence-corrected chi connectivity index (χ0v) is 12.9. The summed E-state index contributed by atoms with van der Waals surface area (Å²) in [6, 6.07) is -0.127. The molecule has 0 spiro atoms. The second-order valence-electron chi connectivity index (χ2n) is 4.93. The van der Waals surface area contributed by atoms with Crippen LogP contribution in [0, 0.1) is 5.92 Å². The minimum absolute atomic E-state index is 0.127. The smallest absolute Gasteiger partial charge is 0.320 e. The van der Waals surface area contributed by atoms with E-state index in [1.54, 1.807) is 9.80 Å². The van der Waals surface area contributed by atoms with E-state index in [1.165, 1.54) is 0 Å². The maximum absolute atomic E-state index is 12.4. The zero-order chi connectivity index (χ0) is 15.7. The van der Waals surface area contributed by atoms with E-state index in [9.17, 15) is 9.59 Å². The second-order valence-corrected chi connectivity index (χ2v) is 4.93. The van der Waals surface area contributed by atoms with Gasteiger partial charge in [-0.05, 0) is 20.3 Å².